The van der Waals surface area contributed by atoms with Crippen molar-refractivity contribution in [2.75, 3.05) is 0 Å². The van der Waals surface area contributed by atoms with Gasteiger partial charge in [0.15, 0.2) is 0 Å². The van der Waals surface area contributed by atoms with Crippen LogP contribution in [0.5, 0.6) is 5.75 Å². The van der Waals surface area contributed by atoms with Gasteiger partial charge in [-0.25, -0.2) is 0 Å². The van der Waals surface area contributed by atoms with Crippen molar-refractivity contribution < 1.29 is 4.74 Å². The first-order chi connectivity index (χ1) is 9.07. The summed E-state index contributed by atoms with van der Waals surface area (Å²) in [6.45, 7) is 7.42. The van der Waals surface area contributed by atoms with E-state index in [1.807, 2.05) is 6.07 Å². The van der Waals surface area contributed by atoms with E-state index in [-0.39, 0.29) is 6.10 Å². The largest absolute Gasteiger partial charge is 0.491 e. The Morgan fingerprint density at radius 1 is 1.21 bits per heavy atom. The van der Waals surface area contributed by atoms with Crippen LogP contribution in [0.3, 0.4) is 0 Å². The van der Waals surface area contributed by atoms with Gasteiger partial charge < -0.3 is 10.1 Å². The molecule has 1 N–H and O–H groups in total. The van der Waals surface area contributed by atoms with Crippen LogP contribution in [0.4, 0.5) is 0 Å². The second-order valence-corrected chi connectivity index (χ2v) is 6.29. The van der Waals surface area contributed by atoms with Gasteiger partial charge in [-0.2, -0.15) is 0 Å². The third kappa shape index (κ3) is 4.54. The van der Waals surface area contributed by atoms with Gasteiger partial charge in [-0.05, 0) is 51.3 Å². The van der Waals surface area contributed by atoms with Crippen LogP contribution in [0.15, 0.2) is 24.3 Å². The molecule has 2 rings (SSSR count). The highest BCUT2D eigenvalue weighted by molar-refractivity contribution is 5.28. The van der Waals surface area contributed by atoms with Crippen molar-refractivity contribution in [2.24, 2.45) is 0 Å². The second kappa shape index (κ2) is 6.42. The summed E-state index contributed by atoms with van der Waals surface area (Å²) in [6.07, 6.45) is 6.96. The molecule has 0 saturated heterocycles. The van der Waals surface area contributed by atoms with E-state index in [9.17, 15) is 0 Å². The number of benzene rings is 1. The Hall–Kier alpha value is -1.02. The summed E-state index contributed by atoms with van der Waals surface area (Å²) in [6, 6.07) is 8.44. The maximum absolute atomic E-state index is 5.74. The molecule has 1 aromatic rings. The summed E-state index contributed by atoms with van der Waals surface area (Å²) in [5.41, 5.74) is 1.64. The van der Waals surface area contributed by atoms with E-state index in [0.717, 1.165) is 12.3 Å². The molecule has 2 heteroatoms. The van der Waals surface area contributed by atoms with Crippen LogP contribution >= 0.6 is 0 Å². The van der Waals surface area contributed by atoms with Gasteiger partial charge in [0.25, 0.3) is 0 Å². The first-order valence-corrected chi connectivity index (χ1v) is 7.58. The van der Waals surface area contributed by atoms with E-state index in [1.54, 1.807) is 0 Å². The van der Waals surface area contributed by atoms with E-state index < -0.39 is 0 Å². The molecule has 0 radical (unpaired) electrons. The quantitative estimate of drug-likeness (QED) is 0.854. The Labute approximate surface area is 117 Å². The summed E-state index contributed by atoms with van der Waals surface area (Å²) >= 11 is 0. The lowest BCUT2D eigenvalue weighted by molar-refractivity contribution is 0.240. The second-order valence-electron chi connectivity index (χ2n) is 6.29. The van der Waals surface area contributed by atoms with Crippen LogP contribution in [-0.2, 0) is 6.54 Å². The summed E-state index contributed by atoms with van der Waals surface area (Å²) in [4.78, 5) is 0. The molecule has 1 aliphatic rings. The predicted octanol–water partition coefficient (Wildman–Crippen LogP) is 4.29. The molecule has 106 valence electrons. The summed E-state index contributed by atoms with van der Waals surface area (Å²) in [5, 5.41) is 3.74. The fraction of sp³-hybridized carbons (Fsp3) is 0.647. The molecule has 2 nitrogen and oxygen atoms in total. The molecule has 0 atom stereocenters. The molecular weight excluding hydrogens is 234 g/mol. The first kappa shape index (κ1) is 14.4. The third-order valence-corrected chi connectivity index (χ3v) is 3.95. The number of nitrogens with one attached hydrogen (secondary N) is 1. The SMILES string of the molecule is CC(C)Oc1cccc(CNC2(C)CCCCC2)c1. The Kier molecular flexibility index (Phi) is 4.87. The Balaban J connectivity index is 1.91. The minimum Gasteiger partial charge on any atom is -0.491 e. The molecule has 19 heavy (non-hydrogen) atoms. The zero-order valence-electron chi connectivity index (χ0n) is 12.5. The summed E-state index contributed by atoms with van der Waals surface area (Å²) < 4.78 is 5.74. The molecule has 0 aliphatic heterocycles. The maximum atomic E-state index is 5.74. The Bertz CT molecular complexity index is 394. The number of rotatable bonds is 5. The van der Waals surface area contributed by atoms with Crippen molar-refractivity contribution in [2.45, 2.75) is 71.1 Å². The molecule has 0 bridgehead atoms. The topological polar surface area (TPSA) is 21.3 Å². The van der Waals surface area contributed by atoms with Crippen LogP contribution in [0.1, 0.15) is 58.4 Å². The molecule has 0 amide bonds. The minimum absolute atomic E-state index is 0.235. The monoisotopic (exact) mass is 261 g/mol. The average Bonchev–Trinajstić information content (AvgIpc) is 2.37. The van der Waals surface area contributed by atoms with E-state index in [1.165, 1.54) is 37.7 Å². The fourth-order valence-electron chi connectivity index (χ4n) is 2.83. The van der Waals surface area contributed by atoms with Crippen molar-refractivity contribution in [1.29, 1.82) is 0 Å². The van der Waals surface area contributed by atoms with Crippen LogP contribution in [0, 0.1) is 0 Å². The van der Waals surface area contributed by atoms with Crippen LogP contribution in [0.25, 0.3) is 0 Å². The molecule has 0 spiro atoms. The molecule has 1 aliphatic carbocycles. The smallest absolute Gasteiger partial charge is 0.120 e. The van der Waals surface area contributed by atoms with E-state index in [0.29, 0.717) is 5.54 Å². The van der Waals surface area contributed by atoms with Gasteiger partial charge in [0, 0.05) is 12.1 Å². The minimum atomic E-state index is 0.235. The lowest BCUT2D eigenvalue weighted by Crippen LogP contribution is -2.43. The van der Waals surface area contributed by atoms with E-state index in [2.05, 4.69) is 44.3 Å². The molecule has 0 heterocycles. The molecule has 0 aromatic heterocycles. The van der Waals surface area contributed by atoms with Gasteiger partial charge in [0.2, 0.25) is 0 Å². The molecule has 1 aromatic carbocycles. The van der Waals surface area contributed by atoms with Crippen molar-refractivity contribution in [3.63, 3.8) is 0 Å². The number of hydrogen-bond donors (Lipinski definition) is 1. The van der Waals surface area contributed by atoms with Gasteiger partial charge in [-0.3, -0.25) is 0 Å². The van der Waals surface area contributed by atoms with Crippen LogP contribution < -0.4 is 10.1 Å². The maximum Gasteiger partial charge on any atom is 0.120 e. The standard InChI is InChI=1S/C17H27NO/c1-14(2)19-16-9-7-8-15(12-16)13-18-17(3)10-5-4-6-11-17/h7-9,12,14,18H,4-6,10-11,13H2,1-3H3. The Morgan fingerprint density at radius 2 is 1.95 bits per heavy atom. The lowest BCUT2D eigenvalue weighted by atomic mass is 9.83. The van der Waals surface area contributed by atoms with Crippen molar-refractivity contribution >= 4 is 0 Å². The fourth-order valence-corrected chi connectivity index (χ4v) is 2.83. The highest BCUT2D eigenvalue weighted by Gasteiger charge is 2.25. The highest BCUT2D eigenvalue weighted by Crippen LogP contribution is 2.28. The molecular formula is C17H27NO. The van der Waals surface area contributed by atoms with Gasteiger partial charge in [-0.1, -0.05) is 31.4 Å². The normalized spacial score (nSPS) is 18.5. The first-order valence-electron chi connectivity index (χ1n) is 7.58. The number of ether oxygens (including phenoxy) is 1. The number of hydrogen-bond acceptors (Lipinski definition) is 2. The van der Waals surface area contributed by atoms with E-state index >= 15 is 0 Å². The third-order valence-electron chi connectivity index (χ3n) is 3.95. The molecule has 0 unspecified atom stereocenters. The zero-order valence-corrected chi connectivity index (χ0v) is 12.5. The van der Waals surface area contributed by atoms with Gasteiger partial charge in [0.1, 0.15) is 5.75 Å². The highest BCUT2D eigenvalue weighted by atomic mass is 16.5. The summed E-state index contributed by atoms with van der Waals surface area (Å²) in [7, 11) is 0. The summed E-state index contributed by atoms with van der Waals surface area (Å²) in [5.74, 6) is 0.975. The zero-order chi connectivity index (χ0) is 13.7. The van der Waals surface area contributed by atoms with Gasteiger partial charge >= 0.3 is 0 Å². The van der Waals surface area contributed by atoms with Crippen molar-refractivity contribution in [1.82, 2.24) is 5.32 Å². The van der Waals surface area contributed by atoms with Gasteiger partial charge in [0.05, 0.1) is 6.10 Å². The van der Waals surface area contributed by atoms with Crippen LogP contribution in [-0.4, -0.2) is 11.6 Å². The Morgan fingerprint density at radius 3 is 2.63 bits per heavy atom. The predicted molar refractivity (Wildman–Crippen MR) is 80.5 cm³/mol. The molecule has 1 fully saturated rings. The average molecular weight is 261 g/mol. The van der Waals surface area contributed by atoms with Crippen molar-refractivity contribution in [3.05, 3.63) is 29.8 Å². The lowest BCUT2D eigenvalue weighted by Gasteiger charge is -2.35. The van der Waals surface area contributed by atoms with Crippen molar-refractivity contribution in [3.8, 4) is 5.75 Å². The van der Waals surface area contributed by atoms with Gasteiger partial charge in [-0.15, -0.1) is 0 Å². The van der Waals surface area contributed by atoms with E-state index in [4.69, 9.17) is 4.74 Å². The molecule has 1 saturated carbocycles. The van der Waals surface area contributed by atoms with Crippen LogP contribution in [0.2, 0.25) is 0 Å².